The molecule has 2 N–H and O–H groups in total. The summed E-state index contributed by atoms with van der Waals surface area (Å²) in [6.45, 7) is 6.32. The highest BCUT2D eigenvalue weighted by Gasteiger charge is 2.92. The van der Waals surface area contributed by atoms with Crippen LogP contribution in [0, 0.1) is 45.8 Å². The van der Waals surface area contributed by atoms with Crippen LogP contribution in [0.3, 0.4) is 0 Å². The molecular formula is C30H36O7. The lowest BCUT2D eigenvalue weighted by atomic mass is 9.38. The summed E-state index contributed by atoms with van der Waals surface area (Å²) < 4.78 is 18.2. The van der Waals surface area contributed by atoms with Crippen molar-refractivity contribution < 1.29 is 28.9 Å². The predicted octanol–water partition coefficient (Wildman–Crippen LogP) is 2.81. The molecule has 0 amide bonds. The van der Waals surface area contributed by atoms with Crippen molar-refractivity contribution in [2.75, 3.05) is 0 Å². The Bertz CT molecular complexity index is 1300. The zero-order chi connectivity index (χ0) is 25.5. The number of ketones is 1. The normalized spacial score (nSPS) is 63.6. The first-order valence-electron chi connectivity index (χ1n) is 14.4. The van der Waals surface area contributed by atoms with Crippen LogP contribution in [-0.2, 0) is 14.3 Å². The van der Waals surface area contributed by atoms with E-state index >= 15 is 0 Å². The third-order valence-corrected chi connectivity index (χ3v) is 13.9. The van der Waals surface area contributed by atoms with E-state index in [4.69, 9.17) is 13.9 Å². The minimum absolute atomic E-state index is 0.140. The van der Waals surface area contributed by atoms with Crippen LogP contribution >= 0.6 is 0 Å². The lowest BCUT2D eigenvalue weighted by Gasteiger charge is -2.65. The van der Waals surface area contributed by atoms with Crippen molar-refractivity contribution in [3.8, 4) is 0 Å². The summed E-state index contributed by atoms with van der Waals surface area (Å²) in [5, 5.41) is 24.6. The summed E-state index contributed by atoms with van der Waals surface area (Å²) in [7, 11) is 0. The van der Waals surface area contributed by atoms with Crippen LogP contribution in [0.1, 0.15) is 70.8 Å². The van der Waals surface area contributed by atoms with E-state index in [1.165, 1.54) is 12.3 Å². The van der Waals surface area contributed by atoms with Crippen LogP contribution in [0.2, 0.25) is 0 Å². The number of hydrogen-bond acceptors (Lipinski definition) is 7. The fraction of sp³-hybridized carbons (Fsp3) is 0.800. The van der Waals surface area contributed by atoms with Gasteiger partial charge in [0.05, 0.1) is 30.0 Å². The van der Waals surface area contributed by atoms with E-state index in [1.54, 1.807) is 6.07 Å². The highest BCUT2D eigenvalue weighted by Crippen LogP contribution is 2.88. The molecule has 1 aromatic rings. The summed E-state index contributed by atoms with van der Waals surface area (Å²) in [5.74, 6) is 1.25. The molecule has 0 bridgehead atoms. The smallest absolute Gasteiger partial charge is 0.335 e. The van der Waals surface area contributed by atoms with Gasteiger partial charge in [0.15, 0.2) is 5.78 Å². The molecule has 7 heteroatoms. The highest BCUT2D eigenvalue weighted by atomic mass is 16.6. The molecule has 8 fully saturated rings. The second-order valence-corrected chi connectivity index (χ2v) is 14.6. The van der Waals surface area contributed by atoms with E-state index in [0.717, 1.165) is 31.2 Å². The minimum atomic E-state index is -1.37. The molecule has 2 spiro atoms. The number of epoxide rings is 1. The Morgan fingerprint density at radius 1 is 1.08 bits per heavy atom. The maximum Gasteiger partial charge on any atom is 0.335 e. The standard InChI is InChI=1S/C30H36O7/c1-13-8-17-21-23(36-13)18-9-15-10-19-30(37-19)24(26(15,2)12-28(17,18)21)22(32)25(33)27(3)16(6-7-29(27,30)34)14-4-5-20(31)35-11-14/h4-5,11,13,15-19,21-24,32,34H,6-10,12H2,1-3H3/t13-,15+,16+,17-,18-,19-,21+,22?,23-,24+,26-,27-,28?,29+,30-/m0/s1. The van der Waals surface area contributed by atoms with Crippen molar-refractivity contribution in [1.82, 2.24) is 0 Å². The molecule has 15 atom stereocenters. The fourth-order valence-corrected chi connectivity index (χ4v) is 12.5. The lowest BCUT2D eigenvalue weighted by molar-refractivity contribution is -0.239. The lowest BCUT2D eigenvalue weighted by Crippen LogP contribution is -2.76. The highest BCUT2D eigenvalue weighted by molar-refractivity contribution is 5.94. The zero-order valence-corrected chi connectivity index (χ0v) is 21.7. The molecule has 37 heavy (non-hydrogen) atoms. The number of aliphatic hydroxyl groups is 2. The number of ether oxygens (including phenoxy) is 2. The minimum Gasteiger partial charge on any atom is -0.431 e. The Labute approximate surface area is 215 Å². The van der Waals surface area contributed by atoms with Gasteiger partial charge >= 0.3 is 5.63 Å². The number of rotatable bonds is 1. The summed E-state index contributed by atoms with van der Waals surface area (Å²) in [5.41, 5.74) is -3.18. The first-order valence-corrected chi connectivity index (χ1v) is 14.4. The van der Waals surface area contributed by atoms with Crippen LogP contribution in [0.5, 0.6) is 0 Å². The Kier molecular flexibility index (Phi) is 3.68. The molecule has 2 aliphatic heterocycles. The Morgan fingerprint density at radius 3 is 2.65 bits per heavy atom. The zero-order valence-electron chi connectivity index (χ0n) is 21.7. The van der Waals surface area contributed by atoms with E-state index in [2.05, 4.69) is 13.8 Å². The van der Waals surface area contributed by atoms with Crippen molar-refractivity contribution in [1.29, 1.82) is 0 Å². The summed E-state index contributed by atoms with van der Waals surface area (Å²) >= 11 is 0. The van der Waals surface area contributed by atoms with Crippen LogP contribution < -0.4 is 5.63 Å². The van der Waals surface area contributed by atoms with Gasteiger partial charge in [0, 0.05) is 17.9 Å². The Morgan fingerprint density at radius 2 is 1.89 bits per heavy atom. The molecule has 2 saturated heterocycles. The third-order valence-electron chi connectivity index (χ3n) is 13.9. The van der Waals surface area contributed by atoms with Gasteiger partial charge in [-0.1, -0.05) is 6.92 Å². The monoisotopic (exact) mass is 508 g/mol. The van der Waals surface area contributed by atoms with Crippen LogP contribution in [0.15, 0.2) is 27.6 Å². The first kappa shape index (κ1) is 22.3. The number of carbonyl (C=O) groups excluding carboxylic acids is 1. The van der Waals surface area contributed by atoms with Crippen LogP contribution in [0.4, 0.5) is 0 Å². The van der Waals surface area contributed by atoms with E-state index in [1.807, 2.05) is 6.92 Å². The van der Waals surface area contributed by atoms with Crippen LogP contribution in [0.25, 0.3) is 0 Å². The number of fused-ring (bicyclic) bond motifs is 4. The molecule has 6 aliphatic carbocycles. The topological polar surface area (TPSA) is 110 Å². The summed E-state index contributed by atoms with van der Waals surface area (Å²) in [6, 6.07) is 3.07. The molecule has 0 radical (unpaired) electrons. The first-order chi connectivity index (χ1) is 17.5. The van der Waals surface area contributed by atoms with Gasteiger partial charge in [0.2, 0.25) is 0 Å². The number of aliphatic hydroxyl groups excluding tert-OH is 1. The predicted molar refractivity (Wildman–Crippen MR) is 129 cm³/mol. The van der Waals surface area contributed by atoms with Crippen molar-refractivity contribution in [2.45, 2.75) is 101 Å². The molecule has 2 unspecified atom stereocenters. The van der Waals surface area contributed by atoms with E-state index in [9.17, 15) is 19.8 Å². The number of hydrogen-bond donors (Lipinski definition) is 2. The van der Waals surface area contributed by atoms with E-state index < -0.39 is 34.3 Å². The van der Waals surface area contributed by atoms with Gasteiger partial charge in [-0.2, -0.15) is 0 Å². The second-order valence-electron chi connectivity index (χ2n) is 14.6. The molecular weight excluding hydrogens is 472 g/mol. The average molecular weight is 509 g/mol. The van der Waals surface area contributed by atoms with Gasteiger partial charge < -0.3 is 24.1 Å². The molecule has 198 valence electrons. The fourth-order valence-electron chi connectivity index (χ4n) is 12.5. The number of Topliss-reactive ketones (excluding diaryl/α,β-unsaturated/α-hetero) is 1. The molecule has 0 aromatic carbocycles. The van der Waals surface area contributed by atoms with Gasteiger partial charge in [0.1, 0.15) is 17.3 Å². The second kappa shape index (κ2) is 6.11. The van der Waals surface area contributed by atoms with Crippen LogP contribution in [-0.4, -0.2) is 51.6 Å². The summed E-state index contributed by atoms with van der Waals surface area (Å²) in [6.07, 6.45) is 5.89. The van der Waals surface area contributed by atoms with E-state index in [0.29, 0.717) is 48.7 Å². The molecule has 3 heterocycles. The van der Waals surface area contributed by atoms with Crippen molar-refractivity contribution >= 4 is 5.78 Å². The molecule has 6 saturated carbocycles. The largest absolute Gasteiger partial charge is 0.431 e. The molecule has 9 rings (SSSR count). The SMILES string of the molecule is C[C@H]1C[C@H]2[C@@H]3[C@@H](O1)[C@@H]1C[C@@H]4C[C@@H]5O[C@]56[C@H](C(O)C(=O)[C@]5(C)[C@@H](c7ccc(=O)oc7)CC[C@]65O)[C@@]4(C)CC312. The van der Waals surface area contributed by atoms with Crippen molar-refractivity contribution in [3.05, 3.63) is 34.4 Å². The van der Waals surface area contributed by atoms with Gasteiger partial charge in [-0.05, 0) is 98.5 Å². The molecule has 1 aromatic heterocycles. The van der Waals surface area contributed by atoms with Gasteiger partial charge in [-0.3, -0.25) is 4.79 Å². The molecule has 8 aliphatic rings. The quantitative estimate of drug-likeness (QED) is 0.562. The Balaban J connectivity index is 1.15. The van der Waals surface area contributed by atoms with Crippen molar-refractivity contribution in [3.63, 3.8) is 0 Å². The third kappa shape index (κ3) is 2.04. The average Bonchev–Trinajstić information content (AvgIpc) is 3.69. The van der Waals surface area contributed by atoms with Gasteiger partial charge in [0.25, 0.3) is 0 Å². The number of carbonyl (C=O) groups is 1. The van der Waals surface area contributed by atoms with E-state index in [-0.39, 0.29) is 28.6 Å². The summed E-state index contributed by atoms with van der Waals surface area (Å²) in [4.78, 5) is 25.9. The Hall–Kier alpha value is -1.54. The maximum absolute atomic E-state index is 14.3. The van der Waals surface area contributed by atoms with Gasteiger partial charge in [-0.25, -0.2) is 4.79 Å². The van der Waals surface area contributed by atoms with Crippen molar-refractivity contribution in [2.24, 2.45) is 45.8 Å². The van der Waals surface area contributed by atoms with Gasteiger partial charge in [-0.15, -0.1) is 0 Å². The maximum atomic E-state index is 14.3. The molecule has 7 nitrogen and oxygen atoms in total.